The lowest BCUT2D eigenvalue weighted by atomic mass is 10.2. The number of nitrogens with one attached hydrogen (secondary N) is 2. The van der Waals surface area contributed by atoms with E-state index in [1.54, 1.807) is 30.3 Å². The van der Waals surface area contributed by atoms with Gasteiger partial charge in [0.25, 0.3) is 0 Å². The molecule has 0 fully saturated rings. The Hall–Kier alpha value is -3.30. The lowest BCUT2D eigenvalue weighted by Gasteiger charge is -2.17. The van der Waals surface area contributed by atoms with Gasteiger partial charge in [0.2, 0.25) is 5.91 Å². The van der Waals surface area contributed by atoms with E-state index in [0.717, 1.165) is 23.8 Å². The van der Waals surface area contributed by atoms with E-state index in [-0.39, 0.29) is 18.0 Å². The van der Waals surface area contributed by atoms with Gasteiger partial charge in [0.1, 0.15) is 24.2 Å². The molecule has 2 aromatic rings. The summed E-state index contributed by atoms with van der Waals surface area (Å²) in [4.78, 5) is 24.0. The van der Waals surface area contributed by atoms with Crippen molar-refractivity contribution in [1.82, 2.24) is 5.32 Å². The molecule has 0 heterocycles. The number of hydrogen-bond donors (Lipinski definition) is 2. The van der Waals surface area contributed by atoms with Crippen molar-refractivity contribution >= 4 is 17.7 Å². The van der Waals surface area contributed by atoms with Gasteiger partial charge in [0.15, 0.2) is 6.61 Å². The van der Waals surface area contributed by atoms with Gasteiger partial charge >= 0.3 is 12.3 Å². The largest absolute Gasteiger partial charge is 0.482 e. The maximum Gasteiger partial charge on any atom is 0.422 e. The Morgan fingerprint density at radius 1 is 1.10 bits per heavy atom. The standard InChI is InChI=1S/C19H18F4N2O4/c1-12(24-18(27)28-10-13-5-3-2-4-6-13)17(26)25-15-9-14(20)7-8-16(15)29-11-19(21,22)23/h2-9,12H,10-11H2,1H3,(H,24,27)(H,25,26)/t12-/m1/s1. The van der Waals surface area contributed by atoms with Gasteiger partial charge in [-0.1, -0.05) is 30.3 Å². The van der Waals surface area contributed by atoms with Crippen molar-refractivity contribution in [2.45, 2.75) is 25.7 Å². The van der Waals surface area contributed by atoms with E-state index in [1.165, 1.54) is 6.92 Å². The quantitative estimate of drug-likeness (QED) is 0.671. The minimum atomic E-state index is -4.60. The topological polar surface area (TPSA) is 76.7 Å². The van der Waals surface area contributed by atoms with Gasteiger partial charge in [0, 0.05) is 6.07 Å². The van der Waals surface area contributed by atoms with Crippen LogP contribution in [0.3, 0.4) is 0 Å². The molecule has 0 spiro atoms. The van der Waals surface area contributed by atoms with Gasteiger partial charge in [-0.3, -0.25) is 4.79 Å². The van der Waals surface area contributed by atoms with Crippen LogP contribution in [0.4, 0.5) is 28.0 Å². The summed E-state index contributed by atoms with van der Waals surface area (Å²) in [6.07, 6.45) is -5.48. The minimum absolute atomic E-state index is 0.0136. The third-order valence-corrected chi connectivity index (χ3v) is 3.53. The maximum atomic E-state index is 13.4. The van der Waals surface area contributed by atoms with Crippen LogP contribution in [0.5, 0.6) is 5.75 Å². The molecule has 0 aromatic heterocycles. The van der Waals surface area contributed by atoms with Crippen molar-refractivity contribution in [2.75, 3.05) is 11.9 Å². The maximum absolute atomic E-state index is 13.4. The summed E-state index contributed by atoms with van der Waals surface area (Å²) >= 11 is 0. The van der Waals surface area contributed by atoms with Crippen molar-refractivity contribution in [1.29, 1.82) is 0 Å². The van der Waals surface area contributed by atoms with Crippen molar-refractivity contribution in [3.05, 3.63) is 59.9 Å². The fourth-order valence-corrected chi connectivity index (χ4v) is 2.13. The first-order valence-corrected chi connectivity index (χ1v) is 8.41. The predicted octanol–water partition coefficient (Wildman–Crippen LogP) is 4.02. The van der Waals surface area contributed by atoms with Crippen LogP contribution in [0, 0.1) is 5.82 Å². The monoisotopic (exact) mass is 414 g/mol. The van der Waals surface area contributed by atoms with Crippen LogP contribution in [0.1, 0.15) is 12.5 Å². The van der Waals surface area contributed by atoms with Crippen LogP contribution in [0.2, 0.25) is 0 Å². The number of alkyl halides is 3. The number of ether oxygens (including phenoxy) is 2. The first-order valence-electron chi connectivity index (χ1n) is 8.41. The van der Waals surface area contributed by atoms with Crippen molar-refractivity contribution in [3.8, 4) is 5.75 Å². The Morgan fingerprint density at radius 2 is 1.79 bits per heavy atom. The zero-order valence-corrected chi connectivity index (χ0v) is 15.3. The first-order chi connectivity index (χ1) is 13.6. The predicted molar refractivity (Wildman–Crippen MR) is 95.8 cm³/mol. The molecule has 2 rings (SSSR count). The number of anilines is 1. The van der Waals surface area contributed by atoms with E-state index < -0.39 is 36.6 Å². The summed E-state index contributed by atoms with van der Waals surface area (Å²) in [6, 6.07) is 10.4. The van der Waals surface area contributed by atoms with Crippen LogP contribution in [0.15, 0.2) is 48.5 Å². The van der Waals surface area contributed by atoms with E-state index in [4.69, 9.17) is 4.74 Å². The molecule has 0 aliphatic heterocycles. The third kappa shape index (κ3) is 7.68. The molecule has 0 aliphatic carbocycles. The van der Waals surface area contributed by atoms with E-state index in [1.807, 2.05) is 0 Å². The first kappa shape index (κ1) is 22.0. The number of alkyl carbamates (subject to hydrolysis) is 1. The van der Waals surface area contributed by atoms with Gasteiger partial charge in [-0.2, -0.15) is 13.2 Å². The van der Waals surface area contributed by atoms with Crippen LogP contribution in [-0.4, -0.2) is 30.8 Å². The third-order valence-electron chi connectivity index (χ3n) is 3.53. The highest BCUT2D eigenvalue weighted by molar-refractivity contribution is 5.97. The molecule has 0 saturated heterocycles. The molecule has 2 aromatic carbocycles. The highest BCUT2D eigenvalue weighted by Crippen LogP contribution is 2.27. The number of halogens is 4. The van der Waals surface area contributed by atoms with Crippen molar-refractivity contribution in [2.24, 2.45) is 0 Å². The van der Waals surface area contributed by atoms with E-state index >= 15 is 0 Å². The Bertz CT molecular complexity index is 844. The van der Waals surface area contributed by atoms with E-state index in [0.29, 0.717) is 0 Å². The Morgan fingerprint density at radius 3 is 2.45 bits per heavy atom. The molecule has 156 valence electrons. The molecule has 6 nitrogen and oxygen atoms in total. The number of carbonyl (C=O) groups excluding carboxylic acids is 2. The number of benzene rings is 2. The summed E-state index contributed by atoms with van der Waals surface area (Å²) in [5, 5.41) is 4.50. The summed E-state index contributed by atoms with van der Waals surface area (Å²) in [5.41, 5.74) is 0.441. The molecule has 0 bridgehead atoms. The highest BCUT2D eigenvalue weighted by Gasteiger charge is 2.29. The second kappa shape index (κ2) is 9.76. The van der Waals surface area contributed by atoms with E-state index in [2.05, 4.69) is 15.4 Å². The van der Waals surface area contributed by atoms with Gasteiger partial charge in [0.05, 0.1) is 5.69 Å². The molecule has 0 aliphatic rings. The van der Waals surface area contributed by atoms with Gasteiger partial charge in [-0.25, -0.2) is 9.18 Å². The Balaban J connectivity index is 1.92. The SMILES string of the molecule is C[C@@H](NC(=O)OCc1ccccc1)C(=O)Nc1cc(F)ccc1OCC(F)(F)F. The molecule has 2 N–H and O–H groups in total. The van der Waals surface area contributed by atoms with Crippen LogP contribution >= 0.6 is 0 Å². The molecular weight excluding hydrogens is 396 g/mol. The average molecular weight is 414 g/mol. The molecule has 10 heteroatoms. The molecule has 2 amide bonds. The number of carbonyl (C=O) groups is 2. The van der Waals surface area contributed by atoms with Crippen LogP contribution < -0.4 is 15.4 Å². The van der Waals surface area contributed by atoms with Crippen molar-refractivity contribution < 1.29 is 36.6 Å². The molecular formula is C19H18F4N2O4. The Kier molecular flexibility index (Phi) is 7.40. The number of rotatable bonds is 7. The zero-order valence-electron chi connectivity index (χ0n) is 15.3. The average Bonchev–Trinajstić information content (AvgIpc) is 2.65. The normalized spacial score (nSPS) is 12.0. The lowest BCUT2D eigenvalue weighted by Crippen LogP contribution is -2.41. The van der Waals surface area contributed by atoms with Crippen molar-refractivity contribution in [3.63, 3.8) is 0 Å². The molecule has 0 saturated carbocycles. The second-order valence-corrected chi connectivity index (χ2v) is 5.96. The van der Waals surface area contributed by atoms with Crippen LogP contribution in [0.25, 0.3) is 0 Å². The smallest absolute Gasteiger partial charge is 0.422 e. The molecule has 1 atom stereocenters. The fourth-order valence-electron chi connectivity index (χ4n) is 2.13. The summed E-state index contributed by atoms with van der Waals surface area (Å²) in [6.45, 7) is -0.296. The molecule has 0 radical (unpaired) electrons. The molecule has 0 unspecified atom stereocenters. The number of hydrogen-bond acceptors (Lipinski definition) is 4. The fraction of sp³-hybridized carbons (Fsp3) is 0.263. The van der Waals surface area contributed by atoms with Gasteiger partial charge < -0.3 is 20.1 Å². The Labute approximate surface area is 163 Å². The van der Waals surface area contributed by atoms with Crippen LogP contribution in [-0.2, 0) is 16.1 Å². The van der Waals surface area contributed by atoms with Gasteiger partial charge in [-0.15, -0.1) is 0 Å². The lowest BCUT2D eigenvalue weighted by molar-refractivity contribution is -0.153. The summed E-state index contributed by atoms with van der Waals surface area (Å²) in [7, 11) is 0. The minimum Gasteiger partial charge on any atom is -0.482 e. The second-order valence-electron chi connectivity index (χ2n) is 5.96. The summed E-state index contributed by atoms with van der Waals surface area (Å²) < 4.78 is 60.0. The molecule has 29 heavy (non-hydrogen) atoms. The van der Waals surface area contributed by atoms with Gasteiger partial charge in [-0.05, 0) is 24.6 Å². The van der Waals surface area contributed by atoms with E-state index in [9.17, 15) is 27.2 Å². The zero-order chi connectivity index (χ0) is 21.4. The number of amides is 2. The summed E-state index contributed by atoms with van der Waals surface area (Å²) in [5.74, 6) is -1.96. The highest BCUT2D eigenvalue weighted by atomic mass is 19.4.